The Morgan fingerprint density at radius 1 is 1.17 bits per heavy atom. The van der Waals surface area contributed by atoms with Gasteiger partial charge in [-0.3, -0.25) is 14.6 Å². The van der Waals surface area contributed by atoms with E-state index in [1.54, 1.807) is 25.4 Å². The lowest BCUT2D eigenvalue weighted by Gasteiger charge is -2.17. The topological polar surface area (TPSA) is 84.0 Å². The maximum atomic E-state index is 15.0. The third kappa shape index (κ3) is 6.17. The maximum absolute atomic E-state index is 15.0. The molecule has 1 atom stereocenters. The normalized spacial score (nSPS) is 15.2. The minimum absolute atomic E-state index is 0.202. The highest BCUT2D eigenvalue weighted by atomic mass is 19.1. The van der Waals surface area contributed by atoms with Gasteiger partial charge >= 0.3 is 6.09 Å². The average Bonchev–Trinajstić information content (AvgIpc) is 3.24. The van der Waals surface area contributed by atoms with Crippen LogP contribution in [0.2, 0.25) is 0 Å². The van der Waals surface area contributed by atoms with Gasteiger partial charge in [-0.2, -0.15) is 0 Å². The summed E-state index contributed by atoms with van der Waals surface area (Å²) in [5.74, 6) is -0.0432. The molecule has 188 valence electrons. The molecule has 0 aliphatic carbocycles. The second kappa shape index (κ2) is 11.2. The Hall–Kier alpha value is -3.98. The van der Waals surface area contributed by atoms with Crippen molar-refractivity contribution < 1.29 is 23.5 Å². The lowest BCUT2D eigenvalue weighted by Crippen LogP contribution is -2.33. The molecule has 1 aliphatic rings. The molecule has 0 bridgehead atoms. The Kier molecular flexibility index (Phi) is 7.80. The molecule has 8 nitrogen and oxygen atoms in total. The van der Waals surface area contributed by atoms with E-state index in [0.29, 0.717) is 17.1 Å². The molecule has 2 heterocycles. The quantitative estimate of drug-likeness (QED) is 0.486. The zero-order valence-corrected chi connectivity index (χ0v) is 20.5. The number of nitrogens with zero attached hydrogens (tertiary/aromatic N) is 3. The van der Waals surface area contributed by atoms with Gasteiger partial charge in [0.15, 0.2) is 0 Å². The number of aromatic nitrogens is 1. The molecule has 0 spiro atoms. The zero-order chi connectivity index (χ0) is 25.7. The Labute approximate surface area is 209 Å². The molecular formula is C27H29FN4O4. The van der Waals surface area contributed by atoms with Crippen LogP contribution >= 0.6 is 0 Å². The molecule has 1 saturated heterocycles. The van der Waals surface area contributed by atoms with Gasteiger partial charge in [0.05, 0.1) is 25.9 Å². The molecule has 1 aromatic heterocycles. The first-order valence-electron chi connectivity index (χ1n) is 11.6. The van der Waals surface area contributed by atoms with Crippen LogP contribution in [0.4, 0.5) is 14.9 Å². The summed E-state index contributed by atoms with van der Waals surface area (Å²) in [5.41, 5.74) is 3.80. The fraction of sp³-hybridized carbons (Fsp3) is 0.296. The number of ether oxygens (including phenoxy) is 2. The third-order valence-corrected chi connectivity index (χ3v) is 5.89. The van der Waals surface area contributed by atoms with Gasteiger partial charge in [0.25, 0.3) is 0 Å². The number of methoxy groups -OCH3 is 1. The van der Waals surface area contributed by atoms with Crippen LogP contribution in [0, 0.1) is 5.82 Å². The molecule has 2 aromatic carbocycles. The smallest absolute Gasteiger partial charge is 0.414 e. The number of cyclic esters (lactones) is 1. The van der Waals surface area contributed by atoms with Crippen molar-refractivity contribution in [3.8, 4) is 17.0 Å². The van der Waals surface area contributed by atoms with Gasteiger partial charge in [0.2, 0.25) is 11.8 Å². The van der Waals surface area contributed by atoms with Gasteiger partial charge < -0.3 is 14.8 Å². The number of anilines is 1. The van der Waals surface area contributed by atoms with E-state index in [9.17, 15) is 9.59 Å². The lowest BCUT2D eigenvalue weighted by atomic mass is 10.0. The van der Waals surface area contributed by atoms with Crippen LogP contribution in [0.3, 0.4) is 0 Å². The molecule has 1 aliphatic heterocycles. The van der Waals surface area contributed by atoms with E-state index in [1.807, 2.05) is 43.4 Å². The number of hydrogen-bond acceptors (Lipinski definition) is 6. The highest BCUT2D eigenvalue weighted by Gasteiger charge is 2.32. The highest BCUT2D eigenvalue weighted by Crippen LogP contribution is 2.29. The molecule has 9 heteroatoms. The summed E-state index contributed by atoms with van der Waals surface area (Å²) in [6, 6.07) is 16.3. The Morgan fingerprint density at radius 3 is 2.53 bits per heavy atom. The number of amides is 2. The summed E-state index contributed by atoms with van der Waals surface area (Å²) in [7, 11) is 3.62. The molecule has 1 unspecified atom stereocenters. The Morgan fingerprint density at radius 2 is 1.89 bits per heavy atom. The van der Waals surface area contributed by atoms with Crippen LogP contribution in [-0.4, -0.2) is 55.2 Å². The van der Waals surface area contributed by atoms with Crippen LogP contribution in [0.25, 0.3) is 11.1 Å². The van der Waals surface area contributed by atoms with E-state index in [0.717, 1.165) is 29.8 Å². The van der Waals surface area contributed by atoms with E-state index in [2.05, 4.69) is 15.2 Å². The van der Waals surface area contributed by atoms with Gasteiger partial charge in [-0.05, 0) is 41.9 Å². The standard InChI is InChI=1S/C27H29FN4O4/c1-18(33)29-14-23-17-32(27(34)36-23)22-9-10-24(25(28)12-22)21-7-4-19(5-8-21)15-31(2)16-20-6-11-26(35-3)30-13-20/h4-13,23H,14-17H2,1-3H3,(H,29,33). The predicted octanol–water partition coefficient (Wildman–Crippen LogP) is 3.99. The number of halogens is 1. The molecule has 36 heavy (non-hydrogen) atoms. The first-order chi connectivity index (χ1) is 17.3. The molecule has 3 aromatic rings. The molecule has 1 N–H and O–H groups in total. The van der Waals surface area contributed by atoms with Crippen LogP contribution in [0.1, 0.15) is 18.1 Å². The molecular weight excluding hydrogens is 463 g/mol. The SMILES string of the molecule is COc1ccc(CN(C)Cc2ccc(-c3ccc(N4CC(CNC(C)=O)OC4=O)cc3F)cc2)cn1. The molecule has 0 radical (unpaired) electrons. The number of nitrogens with one attached hydrogen (secondary N) is 1. The maximum Gasteiger partial charge on any atom is 0.414 e. The number of pyridine rings is 1. The second-order valence-corrected chi connectivity index (χ2v) is 8.80. The average molecular weight is 493 g/mol. The Bertz CT molecular complexity index is 1220. The second-order valence-electron chi connectivity index (χ2n) is 8.80. The number of rotatable bonds is 9. The summed E-state index contributed by atoms with van der Waals surface area (Å²) >= 11 is 0. The molecule has 1 fully saturated rings. The summed E-state index contributed by atoms with van der Waals surface area (Å²) in [6.07, 6.45) is 0.766. The summed E-state index contributed by atoms with van der Waals surface area (Å²) < 4.78 is 25.4. The van der Waals surface area contributed by atoms with Crippen molar-refractivity contribution in [3.63, 3.8) is 0 Å². The largest absolute Gasteiger partial charge is 0.481 e. The van der Waals surface area contributed by atoms with Crippen molar-refractivity contribution in [1.29, 1.82) is 0 Å². The van der Waals surface area contributed by atoms with Crippen LogP contribution in [0.15, 0.2) is 60.8 Å². The molecule has 4 rings (SSSR count). The summed E-state index contributed by atoms with van der Waals surface area (Å²) in [6.45, 7) is 3.32. The summed E-state index contributed by atoms with van der Waals surface area (Å²) in [4.78, 5) is 31.1. The van der Waals surface area contributed by atoms with E-state index < -0.39 is 18.0 Å². The first-order valence-corrected chi connectivity index (χ1v) is 11.6. The Balaban J connectivity index is 1.38. The van der Waals surface area contributed by atoms with Gasteiger partial charge in [0.1, 0.15) is 11.9 Å². The van der Waals surface area contributed by atoms with E-state index in [-0.39, 0.29) is 19.0 Å². The van der Waals surface area contributed by atoms with E-state index in [4.69, 9.17) is 9.47 Å². The van der Waals surface area contributed by atoms with Crippen molar-refractivity contribution in [2.45, 2.75) is 26.1 Å². The van der Waals surface area contributed by atoms with Gasteiger partial charge in [-0.25, -0.2) is 14.2 Å². The first kappa shape index (κ1) is 25.1. The number of benzene rings is 2. The fourth-order valence-electron chi connectivity index (χ4n) is 4.10. The fourth-order valence-corrected chi connectivity index (χ4v) is 4.10. The van der Waals surface area contributed by atoms with E-state index in [1.165, 1.54) is 17.9 Å². The predicted molar refractivity (Wildman–Crippen MR) is 134 cm³/mol. The minimum atomic E-state index is -0.559. The van der Waals surface area contributed by atoms with E-state index >= 15 is 4.39 Å². The lowest BCUT2D eigenvalue weighted by molar-refractivity contribution is -0.119. The van der Waals surface area contributed by atoms with Crippen LogP contribution < -0.4 is 15.0 Å². The molecule has 0 saturated carbocycles. The van der Waals surface area contributed by atoms with Crippen molar-refractivity contribution in [2.75, 3.05) is 32.1 Å². The van der Waals surface area contributed by atoms with Gasteiger partial charge in [-0.1, -0.05) is 30.3 Å². The molecule has 2 amide bonds. The third-order valence-electron chi connectivity index (χ3n) is 5.89. The van der Waals surface area contributed by atoms with Crippen LogP contribution in [-0.2, 0) is 22.6 Å². The van der Waals surface area contributed by atoms with Crippen molar-refractivity contribution in [1.82, 2.24) is 15.2 Å². The zero-order valence-electron chi connectivity index (χ0n) is 20.5. The van der Waals surface area contributed by atoms with Crippen molar-refractivity contribution >= 4 is 17.7 Å². The van der Waals surface area contributed by atoms with Crippen molar-refractivity contribution in [2.24, 2.45) is 0 Å². The van der Waals surface area contributed by atoms with Crippen molar-refractivity contribution in [3.05, 3.63) is 77.7 Å². The van der Waals surface area contributed by atoms with Gasteiger partial charge in [-0.15, -0.1) is 0 Å². The number of hydrogen-bond donors (Lipinski definition) is 1. The minimum Gasteiger partial charge on any atom is -0.481 e. The monoisotopic (exact) mass is 492 g/mol. The van der Waals surface area contributed by atoms with Gasteiger partial charge in [0, 0.05) is 37.8 Å². The summed E-state index contributed by atoms with van der Waals surface area (Å²) in [5, 5.41) is 2.63. The highest BCUT2D eigenvalue weighted by molar-refractivity contribution is 5.90. The number of carbonyl (C=O) groups excluding carboxylic acids is 2. The van der Waals surface area contributed by atoms with Crippen LogP contribution in [0.5, 0.6) is 5.88 Å². The number of carbonyl (C=O) groups is 2.